The number of benzene rings is 2. The molecule has 1 heterocycles. The molecule has 0 radical (unpaired) electrons. The third kappa shape index (κ3) is 5.90. The van der Waals surface area contributed by atoms with Crippen LogP contribution in [-0.4, -0.2) is 55.7 Å². The Morgan fingerprint density at radius 2 is 1.58 bits per heavy atom. The Morgan fingerprint density at radius 3 is 2.13 bits per heavy atom. The number of piperazine rings is 1. The maximum absolute atomic E-state index is 12.5. The molecular formula is C22H24F3N3O3. The van der Waals surface area contributed by atoms with E-state index in [9.17, 15) is 22.8 Å². The van der Waals surface area contributed by atoms with Crippen molar-refractivity contribution in [2.24, 2.45) is 0 Å². The molecule has 1 aliphatic heterocycles. The van der Waals surface area contributed by atoms with Gasteiger partial charge in [0.1, 0.15) is 5.75 Å². The molecule has 1 aliphatic rings. The molecule has 0 aliphatic carbocycles. The van der Waals surface area contributed by atoms with Crippen molar-refractivity contribution >= 4 is 23.2 Å². The lowest BCUT2D eigenvalue weighted by Gasteiger charge is -2.36. The molecule has 166 valence electrons. The second-order valence-corrected chi connectivity index (χ2v) is 7.15. The summed E-state index contributed by atoms with van der Waals surface area (Å²) in [6.07, 6.45) is -3.94. The van der Waals surface area contributed by atoms with Gasteiger partial charge in [0, 0.05) is 43.1 Å². The van der Waals surface area contributed by atoms with Crippen LogP contribution in [0.2, 0.25) is 0 Å². The zero-order valence-electron chi connectivity index (χ0n) is 17.1. The standard InChI is InChI=1S/C22H24F3N3O3/c1-2-15-31-19-9-3-16(4-10-19)20(29)26-17-5-7-18(8-6-17)27-11-13-28(14-12-27)21(30)22(23,24)25/h3-10H,2,11-15H2,1H3,(H,26,29). The van der Waals surface area contributed by atoms with Gasteiger partial charge in [-0.3, -0.25) is 9.59 Å². The van der Waals surface area contributed by atoms with Crippen LogP contribution < -0.4 is 15.0 Å². The number of carbonyl (C=O) groups is 2. The molecule has 0 saturated carbocycles. The fourth-order valence-electron chi connectivity index (χ4n) is 3.23. The number of hydrogen-bond donors (Lipinski definition) is 1. The maximum atomic E-state index is 12.5. The topological polar surface area (TPSA) is 61.9 Å². The first-order chi connectivity index (χ1) is 14.8. The van der Waals surface area contributed by atoms with E-state index >= 15 is 0 Å². The van der Waals surface area contributed by atoms with Crippen molar-refractivity contribution in [1.29, 1.82) is 0 Å². The highest BCUT2D eigenvalue weighted by molar-refractivity contribution is 6.04. The van der Waals surface area contributed by atoms with E-state index in [1.807, 2.05) is 11.8 Å². The molecule has 1 N–H and O–H groups in total. The Kier molecular flexibility index (Phi) is 7.04. The van der Waals surface area contributed by atoms with Gasteiger partial charge in [-0.2, -0.15) is 13.2 Å². The first kappa shape index (κ1) is 22.5. The quantitative estimate of drug-likeness (QED) is 0.747. The molecular weight excluding hydrogens is 411 g/mol. The summed E-state index contributed by atoms with van der Waals surface area (Å²) in [4.78, 5) is 26.5. The number of nitrogens with zero attached hydrogens (tertiary/aromatic N) is 2. The number of amides is 2. The average Bonchev–Trinajstić information content (AvgIpc) is 2.77. The second-order valence-electron chi connectivity index (χ2n) is 7.15. The molecule has 0 unspecified atom stereocenters. The number of halogens is 3. The molecule has 2 aromatic carbocycles. The van der Waals surface area contributed by atoms with Crippen molar-refractivity contribution in [2.45, 2.75) is 19.5 Å². The highest BCUT2D eigenvalue weighted by atomic mass is 19.4. The molecule has 0 spiro atoms. The first-order valence-electron chi connectivity index (χ1n) is 10.0. The van der Waals surface area contributed by atoms with E-state index in [2.05, 4.69) is 5.32 Å². The zero-order valence-corrected chi connectivity index (χ0v) is 17.1. The zero-order chi connectivity index (χ0) is 22.4. The predicted octanol–water partition coefficient (Wildman–Crippen LogP) is 3.94. The van der Waals surface area contributed by atoms with Crippen molar-refractivity contribution in [2.75, 3.05) is 43.0 Å². The van der Waals surface area contributed by atoms with Crippen molar-refractivity contribution < 1.29 is 27.5 Å². The highest BCUT2D eigenvalue weighted by Crippen LogP contribution is 2.23. The van der Waals surface area contributed by atoms with Crippen LogP contribution in [0.25, 0.3) is 0 Å². The fourth-order valence-corrected chi connectivity index (χ4v) is 3.23. The van der Waals surface area contributed by atoms with Crippen molar-refractivity contribution in [3.8, 4) is 5.75 Å². The van der Waals surface area contributed by atoms with Gasteiger partial charge in [-0.05, 0) is 55.0 Å². The van der Waals surface area contributed by atoms with Gasteiger partial charge >= 0.3 is 12.1 Å². The molecule has 0 atom stereocenters. The lowest BCUT2D eigenvalue weighted by Crippen LogP contribution is -2.52. The number of hydrogen-bond acceptors (Lipinski definition) is 4. The molecule has 1 fully saturated rings. The summed E-state index contributed by atoms with van der Waals surface area (Å²) in [5.41, 5.74) is 1.92. The number of nitrogens with one attached hydrogen (secondary N) is 1. The second kappa shape index (κ2) is 9.72. The minimum Gasteiger partial charge on any atom is -0.494 e. The molecule has 31 heavy (non-hydrogen) atoms. The van der Waals surface area contributed by atoms with Crippen molar-refractivity contribution in [3.05, 3.63) is 54.1 Å². The minimum atomic E-state index is -4.84. The van der Waals surface area contributed by atoms with Crippen LogP contribution >= 0.6 is 0 Å². The van der Waals surface area contributed by atoms with Crippen molar-refractivity contribution in [1.82, 2.24) is 4.90 Å². The Hall–Kier alpha value is -3.23. The fraction of sp³-hybridized carbons (Fsp3) is 0.364. The smallest absolute Gasteiger partial charge is 0.471 e. The van der Waals surface area contributed by atoms with Gasteiger partial charge in [0.15, 0.2) is 0 Å². The van der Waals surface area contributed by atoms with Gasteiger partial charge < -0.3 is 19.9 Å². The maximum Gasteiger partial charge on any atom is 0.471 e. The minimum absolute atomic E-state index is 0.00873. The van der Waals surface area contributed by atoms with E-state index in [4.69, 9.17) is 4.74 Å². The molecule has 2 amide bonds. The molecule has 3 rings (SSSR count). The van der Waals surface area contributed by atoms with Gasteiger partial charge in [-0.15, -0.1) is 0 Å². The Bertz CT molecular complexity index is 891. The van der Waals surface area contributed by atoms with E-state index < -0.39 is 12.1 Å². The summed E-state index contributed by atoms with van der Waals surface area (Å²) >= 11 is 0. The van der Waals surface area contributed by atoms with Crippen LogP contribution in [0.1, 0.15) is 23.7 Å². The third-order valence-corrected chi connectivity index (χ3v) is 4.89. The SMILES string of the molecule is CCCOc1ccc(C(=O)Nc2ccc(N3CCN(C(=O)C(F)(F)F)CC3)cc2)cc1. The lowest BCUT2D eigenvalue weighted by atomic mass is 10.2. The highest BCUT2D eigenvalue weighted by Gasteiger charge is 2.43. The van der Waals surface area contributed by atoms with E-state index in [1.165, 1.54) is 0 Å². The van der Waals surface area contributed by atoms with Crippen LogP contribution in [0, 0.1) is 0 Å². The summed E-state index contributed by atoms with van der Waals surface area (Å²) in [5.74, 6) is -1.34. The molecule has 2 aromatic rings. The van der Waals surface area contributed by atoms with E-state index in [1.54, 1.807) is 48.5 Å². The van der Waals surface area contributed by atoms with Crippen molar-refractivity contribution in [3.63, 3.8) is 0 Å². The van der Waals surface area contributed by atoms with Crippen LogP contribution in [0.4, 0.5) is 24.5 Å². The van der Waals surface area contributed by atoms with E-state index in [-0.39, 0.29) is 19.0 Å². The molecule has 0 aromatic heterocycles. The number of carbonyl (C=O) groups excluding carboxylic acids is 2. The molecule has 6 nitrogen and oxygen atoms in total. The summed E-state index contributed by atoms with van der Waals surface area (Å²) in [5, 5.41) is 2.81. The van der Waals surface area contributed by atoms with Gasteiger partial charge in [0.2, 0.25) is 0 Å². The molecule has 0 bridgehead atoms. The summed E-state index contributed by atoms with van der Waals surface area (Å²) < 4.78 is 43.1. The molecule has 9 heteroatoms. The number of alkyl halides is 3. The van der Waals surface area contributed by atoms with Gasteiger partial charge in [-0.25, -0.2) is 0 Å². The largest absolute Gasteiger partial charge is 0.494 e. The van der Waals surface area contributed by atoms with Crippen LogP contribution in [0.15, 0.2) is 48.5 Å². The Balaban J connectivity index is 1.53. The van der Waals surface area contributed by atoms with E-state index in [0.29, 0.717) is 36.7 Å². The number of ether oxygens (including phenoxy) is 1. The summed E-state index contributed by atoms with van der Waals surface area (Å²) in [6.45, 7) is 3.26. The lowest BCUT2D eigenvalue weighted by molar-refractivity contribution is -0.185. The normalized spacial score (nSPS) is 14.3. The predicted molar refractivity (Wildman–Crippen MR) is 111 cm³/mol. The average molecular weight is 435 g/mol. The van der Waals surface area contributed by atoms with Crippen LogP contribution in [0.5, 0.6) is 5.75 Å². The van der Waals surface area contributed by atoms with Crippen LogP contribution in [-0.2, 0) is 4.79 Å². The third-order valence-electron chi connectivity index (χ3n) is 4.89. The summed E-state index contributed by atoms with van der Waals surface area (Å²) in [6, 6.07) is 13.9. The summed E-state index contributed by atoms with van der Waals surface area (Å²) in [7, 11) is 0. The van der Waals surface area contributed by atoms with Gasteiger partial charge in [0.25, 0.3) is 5.91 Å². The number of rotatable bonds is 6. The van der Waals surface area contributed by atoms with Gasteiger partial charge in [-0.1, -0.05) is 6.92 Å². The Morgan fingerprint density at radius 1 is 0.968 bits per heavy atom. The first-order valence-corrected chi connectivity index (χ1v) is 10.0. The van der Waals surface area contributed by atoms with Crippen LogP contribution in [0.3, 0.4) is 0 Å². The Labute approximate surface area is 178 Å². The van der Waals surface area contributed by atoms with Gasteiger partial charge in [0.05, 0.1) is 6.61 Å². The molecule has 1 saturated heterocycles. The monoisotopic (exact) mass is 435 g/mol. The number of anilines is 2. The van der Waals surface area contributed by atoms with E-state index in [0.717, 1.165) is 17.0 Å².